The number of epoxide rings is 2. The molecule has 5 aliphatic heterocycles. The van der Waals surface area contributed by atoms with Crippen LogP contribution in [-0.4, -0.2) is 342 Å². The van der Waals surface area contributed by atoms with Crippen molar-refractivity contribution in [2.75, 3.05) is 184 Å². The number of hydrogen-bond donors (Lipinski definition) is 6. The first-order valence-electron chi connectivity index (χ1n) is 49.4. The monoisotopic (exact) mass is 1670 g/mol. The summed E-state index contributed by atoms with van der Waals surface area (Å²) in [5.74, 6) is 5.66. The Morgan fingerprint density at radius 1 is 0.220 bits per heavy atom. The minimum Gasteiger partial charge on any atom is -0.389 e. The summed E-state index contributed by atoms with van der Waals surface area (Å²) in [4.78, 5) is 14.1. The first-order valence-corrected chi connectivity index (χ1v) is 49.4. The molecule has 13 aliphatic rings. The highest BCUT2D eigenvalue weighted by molar-refractivity contribution is 4.97. The summed E-state index contributed by atoms with van der Waals surface area (Å²) in [5, 5.41) is 66.7. The molecule has 5 heterocycles. The number of aliphatic hydroxyl groups is 6. The lowest BCUT2D eigenvalue weighted by atomic mass is 9.60. The molecule has 22 heteroatoms. The smallest absolute Gasteiger partial charge is 0.104 e. The van der Waals surface area contributed by atoms with Crippen molar-refractivity contribution in [1.82, 2.24) is 29.4 Å². The molecular weight excluding hydrogens is 1490 g/mol. The first-order chi connectivity index (χ1) is 56.8. The summed E-state index contributed by atoms with van der Waals surface area (Å²) in [6, 6.07) is 0. The Morgan fingerprint density at radius 3 is 0.475 bits per heavy atom. The number of piperazine rings is 3. The van der Waals surface area contributed by atoms with Gasteiger partial charge in [-0.1, -0.05) is 55.4 Å². The Balaban J connectivity index is 0.399. The fraction of sp³-hybridized carbons (Fsp3) is 1.00. The fourth-order valence-corrected chi connectivity index (χ4v) is 25.0. The molecule has 5 saturated heterocycles. The van der Waals surface area contributed by atoms with Crippen LogP contribution in [0.2, 0.25) is 0 Å². The molecule has 22 nitrogen and oxygen atoms in total. The van der Waals surface area contributed by atoms with Gasteiger partial charge in [-0.15, -0.1) is 0 Å². The van der Waals surface area contributed by atoms with Gasteiger partial charge in [0.2, 0.25) is 0 Å². The molecule has 0 bridgehead atoms. The molecule has 8 atom stereocenters. The van der Waals surface area contributed by atoms with E-state index in [1.54, 1.807) is 0 Å². The largest absolute Gasteiger partial charge is 0.389 e. The highest BCUT2D eigenvalue weighted by atomic mass is 16.6. The van der Waals surface area contributed by atoms with Gasteiger partial charge in [0.1, 0.15) is 12.2 Å². The van der Waals surface area contributed by atoms with E-state index in [2.05, 4.69) is 84.8 Å². The molecule has 8 aliphatic carbocycles. The van der Waals surface area contributed by atoms with Crippen molar-refractivity contribution in [2.45, 2.75) is 359 Å². The third kappa shape index (κ3) is 29.1. The molecule has 0 aromatic carbocycles. The molecule has 6 N–H and O–H groups in total. The van der Waals surface area contributed by atoms with Crippen LogP contribution in [0.5, 0.6) is 0 Å². The Kier molecular flexibility index (Phi) is 36.8. The third-order valence-corrected chi connectivity index (χ3v) is 34.0. The van der Waals surface area contributed by atoms with Gasteiger partial charge >= 0.3 is 0 Å². The molecule has 0 aromatic heterocycles. The van der Waals surface area contributed by atoms with Crippen LogP contribution in [0.1, 0.15) is 261 Å². The molecule has 684 valence electrons. The van der Waals surface area contributed by atoms with Gasteiger partial charge < -0.3 is 78.0 Å². The van der Waals surface area contributed by atoms with Crippen molar-refractivity contribution >= 4 is 0 Å². The van der Waals surface area contributed by atoms with E-state index in [-0.39, 0.29) is 47.5 Å². The average molecular weight is 1670 g/mol. The van der Waals surface area contributed by atoms with E-state index in [0.717, 1.165) is 206 Å². The van der Waals surface area contributed by atoms with Crippen LogP contribution in [0.4, 0.5) is 0 Å². The van der Waals surface area contributed by atoms with E-state index in [9.17, 15) is 30.6 Å². The van der Waals surface area contributed by atoms with Crippen molar-refractivity contribution in [3.63, 3.8) is 0 Å². The summed E-state index contributed by atoms with van der Waals surface area (Å²) < 4.78 is 61.4. The van der Waals surface area contributed by atoms with Crippen molar-refractivity contribution in [1.29, 1.82) is 0 Å². The quantitative estimate of drug-likeness (QED) is 0.0311. The van der Waals surface area contributed by atoms with E-state index >= 15 is 0 Å². The van der Waals surface area contributed by atoms with Gasteiger partial charge in [-0.2, -0.15) is 0 Å². The summed E-state index contributed by atoms with van der Waals surface area (Å²) in [6.07, 6.45) is 36.8. The van der Waals surface area contributed by atoms with Crippen molar-refractivity contribution in [2.24, 2.45) is 69.0 Å². The Bertz CT molecular complexity index is 2570. The highest BCUT2D eigenvalue weighted by Crippen LogP contribution is 2.54. The van der Waals surface area contributed by atoms with Crippen LogP contribution in [0.25, 0.3) is 0 Å². The van der Waals surface area contributed by atoms with Gasteiger partial charge in [0.05, 0.1) is 152 Å². The van der Waals surface area contributed by atoms with E-state index < -0.39 is 36.6 Å². The van der Waals surface area contributed by atoms with Crippen LogP contribution >= 0.6 is 0 Å². The van der Waals surface area contributed by atoms with Crippen LogP contribution in [0, 0.1) is 69.0 Å². The lowest BCUT2D eigenvalue weighted by Gasteiger charge is -2.46. The number of β-amino-alcohol motifs (C(OH)–C–C–N with tert-alkyl or cyclic N) is 6. The molecular formula is C96H174N6O16. The van der Waals surface area contributed by atoms with Crippen molar-refractivity contribution < 1.29 is 78.0 Å². The standard InChI is InChI=1S/C96H174N6O16/c1-93(2,71-13-29-85(30-14-71)111-61-79(105)55-99-45-49-101(50-46-99)57-81(107)63-113-87-33-17-73(18-34-87)95(5,6)75-21-37-89(38-22-75)115-65-91-67-117-91)69-9-25-83(26-10-69)109-59-77(103)53-97-41-43-98(44-42-97)54-78(104)60-110-84-27-11-70(12-28-84)94(3,4)72-15-31-86(32-16-72)112-62-80(106)56-100-47-51-102(52-48-100)58-82(108)64-114-88-35-19-74(20-36-88)96(7,8)76-23-39-90(40-24-76)116-66-92-68-118-92/h69-92,103-108H,9-68H2,1-8H3. The van der Waals surface area contributed by atoms with Gasteiger partial charge in [0, 0.05) is 118 Å². The summed E-state index contributed by atoms with van der Waals surface area (Å²) in [5.41, 5.74) is 1.18. The maximum Gasteiger partial charge on any atom is 0.104 e. The zero-order valence-corrected chi connectivity index (χ0v) is 75.7. The molecule has 0 spiro atoms. The predicted molar refractivity (Wildman–Crippen MR) is 463 cm³/mol. The zero-order chi connectivity index (χ0) is 82.8. The van der Waals surface area contributed by atoms with E-state index in [1.165, 1.54) is 128 Å². The first kappa shape index (κ1) is 94.7. The van der Waals surface area contributed by atoms with Crippen LogP contribution in [0.3, 0.4) is 0 Å². The van der Waals surface area contributed by atoms with Crippen molar-refractivity contribution in [3.8, 4) is 0 Å². The maximum absolute atomic E-state index is 11.2. The topological polar surface area (TPSA) is 240 Å². The van der Waals surface area contributed by atoms with Gasteiger partial charge in [0.25, 0.3) is 0 Å². The van der Waals surface area contributed by atoms with Crippen LogP contribution < -0.4 is 0 Å². The molecule has 118 heavy (non-hydrogen) atoms. The normalized spacial score (nSPS) is 35.9. The molecule has 0 amide bonds. The molecule has 8 saturated carbocycles. The van der Waals surface area contributed by atoms with Gasteiger partial charge in [-0.3, -0.25) is 29.4 Å². The number of aliphatic hydroxyl groups excluding tert-OH is 6. The predicted octanol–water partition coefficient (Wildman–Crippen LogP) is 11.5. The molecule has 0 aromatic rings. The minimum atomic E-state index is -0.513. The van der Waals surface area contributed by atoms with E-state index in [1.807, 2.05) is 0 Å². The fourth-order valence-electron chi connectivity index (χ4n) is 25.0. The van der Waals surface area contributed by atoms with Crippen LogP contribution in [-0.2, 0) is 47.4 Å². The van der Waals surface area contributed by atoms with Crippen molar-refractivity contribution in [3.05, 3.63) is 0 Å². The maximum atomic E-state index is 11.2. The highest BCUT2D eigenvalue weighted by Gasteiger charge is 2.47. The Morgan fingerprint density at radius 2 is 0.347 bits per heavy atom. The van der Waals surface area contributed by atoms with Gasteiger partial charge in [-0.25, -0.2) is 0 Å². The lowest BCUT2D eigenvalue weighted by molar-refractivity contribution is -0.0698. The lowest BCUT2D eigenvalue weighted by Crippen LogP contribution is -2.51. The molecule has 13 fully saturated rings. The number of rotatable bonds is 44. The average Bonchev–Trinajstić information content (AvgIpc) is 0.845. The second kappa shape index (κ2) is 45.9. The molecule has 0 radical (unpaired) electrons. The zero-order valence-electron chi connectivity index (χ0n) is 75.7. The van der Waals surface area contributed by atoms with Gasteiger partial charge in [0.15, 0.2) is 0 Å². The van der Waals surface area contributed by atoms with Gasteiger partial charge in [-0.05, 0) is 274 Å². The van der Waals surface area contributed by atoms with Crippen LogP contribution in [0.15, 0.2) is 0 Å². The van der Waals surface area contributed by atoms with E-state index in [4.69, 9.17) is 47.4 Å². The minimum absolute atomic E-state index is 0.209. The van der Waals surface area contributed by atoms with E-state index in [0.29, 0.717) is 138 Å². The second-order valence-corrected chi connectivity index (χ2v) is 43.4. The Labute approximate surface area is 715 Å². The number of hydrogen-bond acceptors (Lipinski definition) is 22. The molecule has 8 unspecified atom stereocenters. The summed E-state index contributed by atoms with van der Waals surface area (Å²) in [7, 11) is 0. The summed E-state index contributed by atoms with van der Waals surface area (Å²) in [6.45, 7) is 40.1. The third-order valence-electron chi connectivity index (χ3n) is 34.0. The summed E-state index contributed by atoms with van der Waals surface area (Å²) >= 11 is 0. The molecule has 13 rings (SSSR count). The number of nitrogens with zero attached hydrogens (tertiary/aromatic N) is 6. The SMILES string of the molecule is CC(C)(C1CCC(OCC(O)CN2CCN(CC(O)COC3CCC(C(C)(C)C4CCC(OCC(O)CN5CCN(CC(O)COC6CCC(C(C)(C)C7CCC(OCC8CO8)CC7)CC6)CC5)CC4)CC3)CC2)CC1)C1CCC(OCC(O)CN2CCN(CC(O)COC3CCC(C(C)(C)C4CCC(OCC5CO5)CC4)CC3)CC2)CC1. The second-order valence-electron chi connectivity index (χ2n) is 43.4. The number of ether oxygens (including phenoxy) is 10. The Hall–Kier alpha value is -0.880.